The van der Waals surface area contributed by atoms with E-state index in [2.05, 4.69) is 30.3 Å². The summed E-state index contributed by atoms with van der Waals surface area (Å²) in [5.74, 6) is 0. The van der Waals surface area contributed by atoms with Crippen molar-refractivity contribution in [2.24, 2.45) is 0 Å². The number of hydrogen-bond donors (Lipinski definition) is 1. The first kappa shape index (κ1) is 13.7. The molecule has 2 nitrogen and oxygen atoms in total. The van der Waals surface area contributed by atoms with E-state index in [1.165, 1.54) is 43.5 Å². The number of halogens is 1. The Bertz CT molecular complexity index is 386. The zero-order valence-corrected chi connectivity index (χ0v) is 12.1. The fraction of sp³-hybridized carbons (Fsp3) is 0.600. The Kier molecular flexibility index (Phi) is 4.90. The quantitative estimate of drug-likeness (QED) is 0.896. The van der Waals surface area contributed by atoms with Crippen molar-refractivity contribution in [2.75, 3.05) is 25.0 Å². The topological polar surface area (TPSA) is 15.3 Å². The van der Waals surface area contributed by atoms with Crippen molar-refractivity contribution in [1.82, 2.24) is 5.32 Å². The second kappa shape index (κ2) is 6.44. The van der Waals surface area contributed by atoms with Gasteiger partial charge in [0.05, 0.1) is 0 Å². The van der Waals surface area contributed by atoms with Crippen LogP contribution in [0.5, 0.6) is 0 Å². The van der Waals surface area contributed by atoms with E-state index in [4.69, 9.17) is 11.6 Å². The van der Waals surface area contributed by atoms with Crippen molar-refractivity contribution in [3.8, 4) is 0 Å². The SMILES string of the molecule is Cc1cc(Cl)ccc1N(C)CCC1CCCCN1. The maximum absolute atomic E-state index is 5.99. The lowest BCUT2D eigenvalue weighted by Gasteiger charge is -2.27. The molecule has 0 radical (unpaired) electrons. The summed E-state index contributed by atoms with van der Waals surface area (Å²) >= 11 is 5.99. The predicted molar refractivity (Wildman–Crippen MR) is 79.7 cm³/mol. The largest absolute Gasteiger partial charge is 0.374 e. The van der Waals surface area contributed by atoms with Gasteiger partial charge in [0, 0.05) is 30.3 Å². The van der Waals surface area contributed by atoms with Gasteiger partial charge in [-0.3, -0.25) is 0 Å². The van der Waals surface area contributed by atoms with Crippen LogP contribution in [0.3, 0.4) is 0 Å². The number of hydrogen-bond acceptors (Lipinski definition) is 2. The van der Waals surface area contributed by atoms with Crippen LogP contribution in [0.1, 0.15) is 31.2 Å². The Morgan fingerprint density at radius 3 is 2.89 bits per heavy atom. The average molecular weight is 267 g/mol. The molecule has 0 bridgehead atoms. The molecule has 1 aromatic rings. The van der Waals surface area contributed by atoms with E-state index in [-0.39, 0.29) is 0 Å². The highest BCUT2D eigenvalue weighted by Crippen LogP contribution is 2.23. The Morgan fingerprint density at radius 1 is 1.39 bits per heavy atom. The smallest absolute Gasteiger partial charge is 0.0410 e. The van der Waals surface area contributed by atoms with Gasteiger partial charge in [-0.2, -0.15) is 0 Å². The first-order chi connectivity index (χ1) is 8.66. The fourth-order valence-corrected chi connectivity index (χ4v) is 2.91. The van der Waals surface area contributed by atoms with Gasteiger partial charge in [0.2, 0.25) is 0 Å². The second-order valence-corrected chi connectivity index (χ2v) is 5.72. The van der Waals surface area contributed by atoms with Gasteiger partial charge in [0.15, 0.2) is 0 Å². The van der Waals surface area contributed by atoms with Crippen LogP contribution in [0.15, 0.2) is 18.2 Å². The zero-order valence-electron chi connectivity index (χ0n) is 11.4. The molecule has 100 valence electrons. The van der Waals surface area contributed by atoms with E-state index in [1.807, 2.05) is 12.1 Å². The van der Waals surface area contributed by atoms with Crippen LogP contribution in [-0.2, 0) is 0 Å². The minimum Gasteiger partial charge on any atom is -0.374 e. The molecule has 1 heterocycles. The van der Waals surface area contributed by atoms with E-state index in [9.17, 15) is 0 Å². The third-order valence-corrected chi connectivity index (χ3v) is 4.03. The number of rotatable bonds is 4. The van der Waals surface area contributed by atoms with Crippen molar-refractivity contribution < 1.29 is 0 Å². The van der Waals surface area contributed by atoms with Crippen LogP contribution >= 0.6 is 11.6 Å². The van der Waals surface area contributed by atoms with E-state index >= 15 is 0 Å². The van der Waals surface area contributed by atoms with Crippen molar-refractivity contribution in [1.29, 1.82) is 0 Å². The van der Waals surface area contributed by atoms with E-state index < -0.39 is 0 Å². The van der Waals surface area contributed by atoms with Crippen LogP contribution in [0.25, 0.3) is 0 Å². The molecule has 0 spiro atoms. The molecule has 0 saturated carbocycles. The summed E-state index contributed by atoms with van der Waals surface area (Å²) in [6.07, 6.45) is 5.26. The molecule has 1 aliphatic heterocycles. The van der Waals surface area contributed by atoms with Crippen molar-refractivity contribution in [3.63, 3.8) is 0 Å². The van der Waals surface area contributed by atoms with Crippen molar-refractivity contribution >= 4 is 17.3 Å². The van der Waals surface area contributed by atoms with Gasteiger partial charge in [0.1, 0.15) is 0 Å². The van der Waals surface area contributed by atoms with Crippen molar-refractivity contribution in [2.45, 2.75) is 38.6 Å². The van der Waals surface area contributed by atoms with Gasteiger partial charge in [0.25, 0.3) is 0 Å². The van der Waals surface area contributed by atoms with Crippen LogP contribution in [-0.4, -0.2) is 26.2 Å². The highest BCUT2D eigenvalue weighted by atomic mass is 35.5. The summed E-state index contributed by atoms with van der Waals surface area (Å²) in [7, 11) is 2.17. The molecule has 1 fully saturated rings. The first-order valence-electron chi connectivity index (χ1n) is 6.87. The maximum atomic E-state index is 5.99. The van der Waals surface area contributed by atoms with Crippen LogP contribution in [0.2, 0.25) is 5.02 Å². The van der Waals surface area contributed by atoms with Crippen molar-refractivity contribution in [3.05, 3.63) is 28.8 Å². The van der Waals surface area contributed by atoms with E-state index in [0.717, 1.165) is 11.6 Å². The summed E-state index contributed by atoms with van der Waals surface area (Å²) in [5.41, 5.74) is 2.54. The Hall–Kier alpha value is -0.730. The van der Waals surface area contributed by atoms with Gasteiger partial charge >= 0.3 is 0 Å². The van der Waals surface area contributed by atoms with Crippen LogP contribution < -0.4 is 10.2 Å². The molecule has 1 aliphatic rings. The average Bonchev–Trinajstić information content (AvgIpc) is 2.37. The standard InChI is InChI=1S/C15H23ClN2/c1-12-11-13(16)6-7-15(12)18(2)10-8-14-5-3-4-9-17-14/h6-7,11,14,17H,3-5,8-10H2,1-2H3. The minimum atomic E-state index is 0.703. The van der Waals surface area contributed by atoms with Gasteiger partial charge in [-0.25, -0.2) is 0 Å². The fourth-order valence-electron chi connectivity index (χ4n) is 2.69. The summed E-state index contributed by atoms with van der Waals surface area (Å²) < 4.78 is 0. The number of piperidine rings is 1. The third-order valence-electron chi connectivity index (χ3n) is 3.80. The van der Waals surface area contributed by atoms with Gasteiger partial charge in [-0.15, -0.1) is 0 Å². The molecule has 1 saturated heterocycles. The normalized spacial score (nSPS) is 19.8. The van der Waals surface area contributed by atoms with Crippen LogP contribution in [0, 0.1) is 6.92 Å². The second-order valence-electron chi connectivity index (χ2n) is 5.29. The predicted octanol–water partition coefficient (Wildman–Crippen LogP) is 3.62. The number of anilines is 1. The first-order valence-corrected chi connectivity index (χ1v) is 7.25. The molecule has 3 heteroatoms. The number of nitrogens with one attached hydrogen (secondary N) is 1. The number of aryl methyl sites for hydroxylation is 1. The monoisotopic (exact) mass is 266 g/mol. The summed E-state index contributed by atoms with van der Waals surface area (Å²) in [4.78, 5) is 2.34. The molecular weight excluding hydrogens is 244 g/mol. The lowest BCUT2D eigenvalue weighted by molar-refractivity contribution is 0.384. The molecule has 0 aliphatic carbocycles. The Labute approximate surface area is 115 Å². The zero-order chi connectivity index (χ0) is 13.0. The molecule has 0 amide bonds. The van der Waals surface area contributed by atoms with Gasteiger partial charge in [-0.05, 0) is 56.5 Å². The van der Waals surface area contributed by atoms with Crippen LogP contribution in [0.4, 0.5) is 5.69 Å². The molecule has 2 rings (SSSR count). The summed E-state index contributed by atoms with van der Waals surface area (Å²) in [6.45, 7) is 4.41. The van der Waals surface area contributed by atoms with E-state index in [0.29, 0.717) is 6.04 Å². The molecule has 1 unspecified atom stereocenters. The summed E-state index contributed by atoms with van der Waals surface area (Å²) in [5, 5.41) is 4.42. The highest BCUT2D eigenvalue weighted by molar-refractivity contribution is 6.30. The minimum absolute atomic E-state index is 0.703. The summed E-state index contributed by atoms with van der Waals surface area (Å²) in [6, 6.07) is 6.83. The molecular formula is C15H23ClN2. The molecule has 18 heavy (non-hydrogen) atoms. The van der Waals surface area contributed by atoms with Gasteiger partial charge in [-0.1, -0.05) is 18.0 Å². The molecule has 1 atom stereocenters. The maximum Gasteiger partial charge on any atom is 0.0410 e. The van der Waals surface area contributed by atoms with E-state index in [1.54, 1.807) is 0 Å². The molecule has 1 aromatic carbocycles. The number of benzene rings is 1. The lowest BCUT2D eigenvalue weighted by atomic mass is 10.0. The Balaban J connectivity index is 1.88. The van der Waals surface area contributed by atoms with Gasteiger partial charge < -0.3 is 10.2 Å². The highest BCUT2D eigenvalue weighted by Gasteiger charge is 2.13. The Morgan fingerprint density at radius 2 is 2.22 bits per heavy atom. The molecule has 0 aromatic heterocycles. The number of nitrogens with zero attached hydrogens (tertiary/aromatic N) is 1. The molecule has 1 N–H and O–H groups in total. The lowest BCUT2D eigenvalue weighted by Crippen LogP contribution is -2.36. The third kappa shape index (κ3) is 3.63.